The van der Waals surface area contributed by atoms with Gasteiger partial charge < -0.3 is 10.1 Å². The number of benzene rings is 1. The van der Waals surface area contributed by atoms with Crippen LogP contribution in [-0.4, -0.2) is 39.0 Å². The molecular formula is C16H17N5O2S. The summed E-state index contributed by atoms with van der Waals surface area (Å²) in [6.45, 7) is 5.53. The molecule has 3 rings (SSSR count). The maximum atomic E-state index is 12.6. The fourth-order valence-corrected chi connectivity index (χ4v) is 2.99. The van der Waals surface area contributed by atoms with Crippen molar-refractivity contribution in [3.8, 4) is 0 Å². The van der Waals surface area contributed by atoms with E-state index in [9.17, 15) is 4.79 Å². The number of aromatic nitrogens is 4. The van der Waals surface area contributed by atoms with Crippen LogP contribution in [0, 0.1) is 0 Å². The van der Waals surface area contributed by atoms with Crippen molar-refractivity contribution in [1.82, 2.24) is 20.2 Å². The molecule has 1 aromatic heterocycles. The number of nitrogens with zero attached hydrogens (tertiary/aromatic N) is 4. The summed E-state index contributed by atoms with van der Waals surface area (Å²) in [4.78, 5) is 13.7. The van der Waals surface area contributed by atoms with Crippen LogP contribution in [0.4, 0.5) is 5.95 Å². The van der Waals surface area contributed by atoms with E-state index >= 15 is 0 Å². The standard InChI is InChI=1S/C16H17N5O2S/c1-4-9-23-15(22)13-10(2)17-16-18-19-20-21(16)14(13)11-5-7-12(24-3)8-6-11/h4-8,14H,1,9H2,2-3H3,(H,17,18,20)/t14-/m0/s1. The molecule has 0 radical (unpaired) electrons. The third-order valence-electron chi connectivity index (χ3n) is 3.70. The second-order valence-electron chi connectivity index (χ2n) is 5.17. The maximum Gasteiger partial charge on any atom is 0.338 e. The largest absolute Gasteiger partial charge is 0.458 e. The Morgan fingerprint density at radius 2 is 2.21 bits per heavy atom. The van der Waals surface area contributed by atoms with Crippen LogP contribution in [0.1, 0.15) is 18.5 Å². The van der Waals surface area contributed by atoms with Crippen LogP contribution in [0.25, 0.3) is 0 Å². The van der Waals surface area contributed by atoms with Crippen LogP contribution < -0.4 is 5.32 Å². The number of esters is 1. The number of anilines is 1. The van der Waals surface area contributed by atoms with Gasteiger partial charge in [0.15, 0.2) is 0 Å². The topological polar surface area (TPSA) is 81.9 Å². The molecule has 1 N–H and O–H groups in total. The molecule has 1 aromatic carbocycles. The van der Waals surface area contributed by atoms with Gasteiger partial charge in [-0.1, -0.05) is 29.9 Å². The summed E-state index contributed by atoms with van der Waals surface area (Å²) in [7, 11) is 0. The zero-order chi connectivity index (χ0) is 17.1. The normalized spacial score (nSPS) is 16.3. The molecule has 1 aliphatic rings. The summed E-state index contributed by atoms with van der Waals surface area (Å²) in [6, 6.07) is 7.52. The molecule has 0 amide bonds. The lowest BCUT2D eigenvalue weighted by atomic mass is 9.96. The molecule has 0 spiro atoms. The molecule has 2 heterocycles. The van der Waals surface area contributed by atoms with Gasteiger partial charge in [0, 0.05) is 10.6 Å². The van der Waals surface area contributed by atoms with Crippen molar-refractivity contribution < 1.29 is 9.53 Å². The van der Waals surface area contributed by atoms with E-state index in [-0.39, 0.29) is 6.61 Å². The Kier molecular flexibility index (Phi) is 4.66. The smallest absolute Gasteiger partial charge is 0.338 e. The van der Waals surface area contributed by atoms with Gasteiger partial charge in [-0.25, -0.2) is 4.79 Å². The minimum absolute atomic E-state index is 0.149. The van der Waals surface area contributed by atoms with E-state index in [1.807, 2.05) is 37.4 Å². The SMILES string of the molecule is C=CCOC(=O)C1=C(C)Nc2nnnn2[C@H]1c1ccc(SC)cc1. The summed E-state index contributed by atoms with van der Waals surface area (Å²) < 4.78 is 6.84. The van der Waals surface area contributed by atoms with Crippen LogP contribution in [0.5, 0.6) is 0 Å². The molecule has 24 heavy (non-hydrogen) atoms. The van der Waals surface area contributed by atoms with Crippen molar-refractivity contribution >= 4 is 23.7 Å². The van der Waals surface area contributed by atoms with Gasteiger partial charge in [-0.05, 0) is 41.3 Å². The number of allylic oxidation sites excluding steroid dienone is 1. The second kappa shape index (κ2) is 6.88. The average molecular weight is 343 g/mol. The number of ether oxygens (including phenoxy) is 1. The Bertz CT molecular complexity index is 797. The predicted molar refractivity (Wildman–Crippen MR) is 91.7 cm³/mol. The van der Waals surface area contributed by atoms with Crippen LogP contribution in [0.2, 0.25) is 0 Å². The molecule has 0 unspecified atom stereocenters. The molecule has 124 valence electrons. The number of fused-ring (bicyclic) bond motifs is 1. The van der Waals surface area contributed by atoms with Gasteiger partial charge in [-0.2, -0.15) is 4.68 Å². The highest BCUT2D eigenvalue weighted by molar-refractivity contribution is 7.98. The van der Waals surface area contributed by atoms with E-state index in [1.54, 1.807) is 16.4 Å². The monoisotopic (exact) mass is 343 g/mol. The molecule has 8 heteroatoms. The van der Waals surface area contributed by atoms with E-state index in [4.69, 9.17) is 4.74 Å². The number of tetrazole rings is 1. The number of carbonyl (C=O) groups is 1. The molecule has 0 saturated carbocycles. The molecule has 0 fully saturated rings. The van der Waals surface area contributed by atoms with E-state index in [1.165, 1.54) is 6.08 Å². The van der Waals surface area contributed by atoms with Crippen molar-refractivity contribution in [3.63, 3.8) is 0 Å². The zero-order valence-electron chi connectivity index (χ0n) is 13.4. The first-order valence-electron chi connectivity index (χ1n) is 7.33. The van der Waals surface area contributed by atoms with Crippen LogP contribution >= 0.6 is 11.8 Å². The Labute approximate surface area is 143 Å². The van der Waals surface area contributed by atoms with Gasteiger partial charge in [-0.15, -0.1) is 11.8 Å². The van der Waals surface area contributed by atoms with E-state index in [0.29, 0.717) is 17.2 Å². The number of rotatable bonds is 5. The molecule has 0 aliphatic carbocycles. The Balaban J connectivity index is 2.06. The Morgan fingerprint density at radius 3 is 2.88 bits per heavy atom. The van der Waals surface area contributed by atoms with Gasteiger partial charge in [0.25, 0.3) is 0 Å². The third kappa shape index (κ3) is 2.92. The fraction of sp³-hybridized carbons (Fsp3) is 0.250. The van der Waals surface area contributed by atoms with Gasteiger partial charge in [-0.3, -0.25) is 0 Å². The minimum Gasteiger partial charge on any atom is -0.458 e. The molecule has 1 atom stereocenters. The third-order valence-corrected chi connectivity index (χ3v) is 4.44. The summed E-state index contributed by atoms with van der Waals surface area (Å²) in [6.07, 6.45) is 3.55. The number of thioether (sulfide) groups is 1. The quantitative estimate of drug-likeness (QED) is 0.507. The Hall–Kier alpha value is -2.61. The molecule has 2 aromatic rings. The van der Waals surface area contributed by atoms with Gasteiger partial charge in [0.05, 0.1) is 5.57 Å². The number of nitrogens with one attached hydrogen (secondary N) is 1. The van der Waals surface area contributed by atoms with Crippen molar-refractivity contribution in [2.75, 3.05) is 18.2 Å². The first kappa shape index (κ1) is 16.3. The molecule has 0 saturated heterocycles. The average Bonchev–Trinajstić information content (AvgIpc) is 3.06. The van der Waals surface area contributed by atoms with E-state index in [0.717, 1.165) is 10.5 Å². The van der Waals surface area contributed by atoms with Crippen LogP contribution in [-0.2, 0) is 9.53 Å². The summed E-state index contributed by atoms with van der Waals surface area (Å²) in [5, 5.41) is 14.7. The first-order valence-corrected chi connectivity index (χ1v) is 8.55. The summed E-state index contributed by atoms with van der Waals surface area (Å²) >= 11 is 1.66. The van der Waals surface area contributed by atoms with Crippen molar-refractivity contribution in [2.24, 2.45) is 0 Å². The fourth-order valence-electron chi connectivity index (χ4n) is 2.58. The molecule has 0 bridgehead atoms. The molecular weight excluding hydrogens is 326 g/mol. The number of carbonyl (C=O) groups excluding carboxylic acids is 1. The van der Waals surface area contributed by atoms with E-state index in [2.05, 4.69) is 27.4 Å². The Morgan fingerprint density at radius 1 is 1.46 bits per heavy atom. The van der Waals surface area contributed by atoms with Crippen LogP contribution in [0.3, 0.4) is 0 Å². The lowest BCUT2D eigenvalue weighted by molar-refractivity contribution is -0.138. The van der Waals surface area contributed by atoms with Crippen molar-refractivity contribution in [3.05, 3.63) is 53.8 Å². The highest BCUT2D eigenvalue weighted by Crippen LogP contribution is 2.35. The van der Waals surface area contributed by atoms with E-state index < -0.39 is 12.0 Å². The molecule has 1 aliphatic heterocycles. The zero-order valence-corrected chi connectivity index (χ0v) is 14.2. The highest BCUT2D eigenvalue weighted by Gasteiger charge is 2.34. The van der Waals surface area contributed by atoms with Gasteiger partial charge >= 0.3 is 5.97 Å². The molecule has 7 nitrogen and oxygen atoms in total. The second-order valence-corrected chi connectivity index (χ2v) is 6.05. The van der Waals surface area contributed by atoms with Gasteiger partial charge in [0.2, 0.25) is 5.95 Å². The minimum atomic E-state index is -0.440. The predicted octanol–water partition coefficient (Wildman–Crippen LogP) is 2.41. The van der Waals surface area contributed by atoms with Crippen LogP contribution in [0.15, 0.2) is 53.1 Å². The lowest BCUT2D eigenvalue weighted by Crippen LogP contribution is -2.29. The van der Waals surface area contributed by atoms with Crippen molar-refractivity contribution in [1.29, 1.82) is 0 Å². The first-order chi connectivity index (χ1) is 11.7. The number of hydrogen-bond donors (Lipinski definition) is 1. The summed E-state index contributed by atoms with van der Waals surface area (Å²) in [5.41, 5.74) is 2.06. The van der Waals surface area contributed by atoms with Gasteiger partial charge in [0.1, 0.15) is 12.6 Å². The lowest BCUT2D eigenvalue weighted by Gasteiger charge is -2.27. The number of hydrogen-bond acceptors (Lipinski definition) is 7. The van der Waals surface area contributed by atoms with Crippen molar-refractivity contribution in [2.45, 2.75) is 17.9 Å². The highest BCUT2D eigenvalue weighted by atomic mass is 32.2. The summed E-state index contributed by atoms with van der Waals surface area (Å²) in [5.74, 6) is 0.0757. The maximum absolute atomic E-state index is 12.6.